The van der Waals surface area contributed by atoms with Crippen molar-refractivity contribution < 1.29 is 68.6 Å². The minimum absolute atomic E-state index is 0.131. The van der Waals surface area contributed by atoms with Gasteiger partial charge < -0.3 is 60.1 Å². The van der Waals surface area contributed by atoms with E-state index in [-0.39, 0.29) is 61.6 Å². The fraction of sp³-hybridized carbons (Fsp3) is 0.500. The van der Waals surface area contributed by atoms with E-state index < -0.39 is 74.8 Å². The van der Waals surface area contributed by atoms with Crippen molar-refractivity contribution >= 4 is 72.1 Å². The summed E-state index contributed by atoms with van der Waals surface area (Å²) in [4.78, 5) is 59.4. The van der Waals surface area contributed by atoms with Crippen LogP contribution in [0.1, 0.15) is 59.9 Å². The van der Waals surface area contributed by atoms with E-state index in [1.807, 2.05) is 0 Å². The van der Waals surface area contributed by atoms with Crippen LogP contribution in [-0.2, 0) is 38.2 Å². The number of amides is 2. The molecule has 2 aromatic rings. The van der Waals surface area contributed by atoms with E-state index in [9.17, 15) is 34.3 Å². The van der Waals surface area contributed by atoms with Crippen molar-refractivity contribution in [2.24, 2.45) is 10.3 Å². The Hall–Kier alpha value is -3.89. The molecule has 2 aromatic heterocycles. The van der Waals surface area contributed by atoms with Gasteiger partial charge in [0.1, 0.15) is 19.3 Å². The first-order valence-corrected chi connectivity index (χ1v) is 17.2. The van der Waals surface area contributed by atoms with Crippen molar-refractivity contribution in [2.45, 2.75) is 68.7 Å². The second-order valence-electron chi connectivity index (χ2n) is 11.3. The highest BCUT2D eigenvalue weighted by Gasteiger charge is 2.39. The van der Waals surface area contributed by atoms with Crippen molar-refractivity contribution in [1.29, 1.82) is 0 Å². The van der Waals surface area contributed by atoms with E-state index >= 15 is 0 Å². The molecule has 0 aliphatic carbocycles. The Morgan fingerprint density at radius 3 is 1.94 bits per heavy atom. The number of aliphatic carboxylic acids is 2. The Bertz CT molecular complexity index is 1530. The maximum Gasteiger partial charge on any atom is 0.478 e. The predicted molar refractivity (Wildman–Crippen MR) is 178 cm³/mol. The van der Waals surface area contributed by atoms with E-state index in [2.05, 4.69) is 20.9 Å². The van der Waals surface area contributed by atoms with Gasteiger partial charge in [0, 0.05) is 0 Å². The van der Waals surface area contributed by atoms with E-state index in [1.165, 1.54) is 22.8 Å². The Morgan fingerprint density at radius 2 is 1.44 bits per heavy atom. The predicted octanol–water partition coefficient (Wildman–Crippen LogP) is -0.707. The Balaban J connectivity index is 1.38. The first-order chi connectivity index (χ1) is 23.9. The molecule has 5 atom stereocenters. The van der Waals surface area contributed by atoms with Crippen molar-refractivity contribution in [3.05, 3.63) is 44.3 Å². The number of nitrogens with zero attached hydrogens (tertiary/aromatic N) is 2. The number of hydrogen-bond acceptors (Lipinski definition) is 16. The molecule has 2 fully saturated rings. The summed E-state index contributed by atoms with van der Waals surface area (Å²) in [5, 5.41) is 74.8. The molecule has 0 radical (unpaired) electrons. The van der Waals surface area contributed by atoms with Crippen LogP contribution in [0.25, 0.3) is 0 Å². The summed E-state index contributed by atoms with van der Waals surface area (Å²) in [6.45, 7) is -1.00. The van der Waals surface area contributed by atoms with Crippen molar-refractivity contribution in [2.75, 3.05) is 19.8 Å². The number of nitrogens with one attached hydrogen (secondary N) is 2. The molecule has 22 heteroatoms. The molecular weight excluding hydrogens is 702 g/mol. The zero-order chi connectivity index (χ0) is 36.2. The third-order valence-corrected chi connectivity index (χ3v) is 9.37. The van der Waals surface area contributed by atoms with Gasteiger partial charge in [0.25, 0.3) is 11.8 Å². The van der Waals surface area contributed by atoms with Crippen LogP contribution >= 0.6 is 22.7 Å². The lowest BCUT2D eigenvalue weighted by Gasteiger charge is -2.30. The molecule has 2 aliphatic rings. The molecule has 18 nitrogen and oxygen atoms in total. The molecule has 4 rings (SSSR count). The third kappa shape index (κ3) is 11.3. The molecule has 2 amide bonds. The summed E-state index contributed by atoms with van der Waals surface area (Å²) in [5.74, 6) is -5.29. The van der Waals surface area contributed by atoms with Crippen LogP contribution in [0.3, 0.4) is 0 Å². The molecular formula is C28H36B2N4O14S2. The maximum absolute atomic E-state index is 13.2. The highest BCUT2D eigenvalue weighted by molar-refractivity contribution is 7.13. The summed E-state index contributed by atoms with van der Waals surface area (Å²) < 4.78 is 10.7. The lowest BCUT2D eigenvalue weighted by atomic mass is 9.72. The van der Waals surface area contributed by atoms with E-state index in [1.54, 1.807) is 17.5 Å². The zero-order valence-electron chi connectivity index (χ0n) is 26.5. The molecule has 50 heavy (non-hydrogen) atoms. The number of hydrogen-bond donors (Lipinski definition) is 8. The normalized spacial score (nSPS) is 22.1. The highest BCUT2D eigenvalue weighted by atomic mass is 32.1. The maximum atomic E-state index is 13.2. The fourth-order valence-electron chi connectivity index (χ4n) is 5.07. The minimum atomic E-state index is -1.46. The zero-order valence-corrected chi connectivity index (χ0v) is 28.1. The molecule has 2 aliphatic heterocycles. The van der Waals surface area contributed by atoms with Gasteiger partial charge in [-0.2, -0.15) is 0 Å². The molecule has 0 saturated carbocycles. The number of aliphatic hydroxyl groups excluding tert-OH is 2. The van der Waals surface area contributed by atoms with Gasteiger partial charge in [-0.3, -0.25) is 19.2 Å². The average molecular weight is 738 g/mol. The number of thiophene rings is 2. The largest absolute Gasteiger partial charge is 0.481 e. The SMILES string of the molecule is O=C(O)C[C@@H]1CC[C@H](NC(=O)/C(=N/OCCO)c2cc(C(O)CO/N=C(\C(=O)N[C@H]3CC[C@@H](CC(=O)O)OB3O)c3cccs3)cs2)B(O)O1. The quantitative estimate of drug-likeness (QED) is 0.0431. The van der Waals surface area contributed by atoms with Crippen LogP contribution in [0.5, 0.6) is 0 Å². The summed E-state index contributed by atoms with van der Waals surface area (Å²) in [7, 11) is -2.90. The van der Waals surface area contributed by atoms with Gasteiger partial charge >= 0.3 is 26.2 Å². The van der Waals surface area contributed by atoms with Gasteiger partial charge in [0.05, 0.1) is 53.3 Å². The van der Waals surface area contributed by atoms with Crippen LogP contribution in [-0.4, -0.2) is 124 Å². The topological polar surface area (TPSA) is 275 Å². The van der Waals surface area contributed by atoms with Crippen LogP contribution in [0.2, 0.25) is 0 Å². The summed E-state index contributed by atoms with van der Waals surface area (Å²) in [6, 6.07) is 4.77. The summed E-state index contributed by atoms with van der Waals surface area (Å²) >= 11 is 2.23. The van der Waals surface area contributed by atoms with Crippen molar-refractivity contribution in [1.82, 2.24) is 10.6 Å². The van der Waals surface area contributed by atoms with Gasteiger partial charge in [-0.25, -0.2) is 0 Å². The first-order valence-electron chi connectivity index (χ1n) is 15.5. The Labute approximate surface area is 294 Å². The van der Waals surface area contributed by atoms with Crippen molar-refractivity contribution in [3.8, 4) is 0 Å². The molecule has 0 spiro atoms. The van der Waals surface area contributed by atoms with Gasteiger partial charge in [0.15, 0.2) is 11.4 Å². The number of carbonyl (C=O) groups excluding carboxylic acids is 2. The second-order valence-corrected chi connectivity index (χ2v) is 13.1. The molecule has 8 N–H and O–H groups in total. The molecule has 2 saturated heterocycles. The minimum Gasteiger partial charge on any atom is -0.481 e. The average Bonchev–Trinajstić information content (AvgIpc) is 3.77. The molecule has 270 valence electrons. The Kier molecular flexibility index (Phi) is 14.7. The van der Waals surface area contributed by atoms with Gasteiger partial charge in [-0.15, -0.1) is 22.7 Å². The highest BCUT2D eigenvalue weighted by Crippen LogP contribution is 2.24. The van der Waals surface area contributed by atoms with E-state index in [0.29, 0.717) is 16.9 Å². The summed E-state index contributed by atoms with van der Waals surface area (Å²) in [6.07, 6.45) is -2.17. The lowest BCUT2D eigenvalue weighted by Crippen LogP contribution is -2.54. The lowest BCUT2D eigenvalue weighted by molar-refractivity contribution is -0.140. The smallest absolute Gasteiger partial charge is 0.478 e. The molecule has 4 heterocycles. The van der Waals surface area contributed by atoms with Crippen molar-refractivity contribution in [3.63, 3.8) is 0 Å². The second kappa shape index (κ2) is 18.9. The van der Waals surface area contributed by atoms with E-state index in [4.69, 9.17) is 34.3 Å². The standard InChI is InChI=1S/C28H36B2N4O14S2/c35-7-8-45-33-26(28(42)32-22-6-4-17(12-24(39)40)48-30(22)44)20-10-15(14-50-20)18(36)13-46-34-25(19-2-1-9-49-19)27(41)31-21-5-3-16(11-23(37)38)47-29(21)43/h1-2,9-10,14,16-18,21-22,35-36,43-44H,3-8,11-13H2,(H,31,41)(H,32,42)(H,37,38)(H,39,40)/b33-26+,34-25-/t16-,17-,18?,21-,22-/m0/s1. The number of carboxylic acids is 2. The molecule has 0 bridgehead atoms. The van der Waals surface area contributed by atoms with Crippen LogP contribution < -0.4 is 10.6 Å². The number of rotatable bonds is 17. The number of aliphatic hydroxyl groups is 2. The van der Waals surface area contributed by atoms with Crippen LogP contribution in [0.4, 0.5) is 0 Å². The van der Waals surface area contributed by atoms with Gasteiger partial charge in [0.2, 0.25) is 0 Å². The fourth-order valence-corrected chi connectivity index (χ4v) is 6.70. The summed E-state index contributed by atoms with van der Waals surface area (Å²) in [5.41, 5.74) is -0.0465. The first kappa shape index (κ1) is 38.9. The molecule has 1 unspecified atom stereocenters. The monoisotopic (exact) mass is 738 g/mol. The number of carboxylic acid groups (broad SMARTS) is 2. The van der Waals surface area contributed by atoms with Crippen LogP contribution in [0.15, 0.2) is 39.3 Å². The van der Waals surface area contributed by atoms with Crippen LogP contribution in [0, 0.1) is 0 Å². The number of carbonyl (C=O) groups is 4. The number of oxime groups is 2. The van der Waals surface area contributed by atoms with Gasteiger partial charge in [-0.05, 0) is 54.1 Å². The van der Waals surface area contributed by atoms with E-state index in [0.717, 1.165) is 11.3 Å². The third-order valence-electron chi connectivity index (χ3n) is 7.54. The Morgan fingerprint density at radius 1 is 0.880 bits per heavy atom. The van der Waals surface area contributed by atoms with Gasteiger partial charge in [-0.1, -0.05) is 16.4 Å². The molecule has 0 aromatic carbocycles.